The normalized spacial score (nSPS) is 10.0. The maximum atomic E-state index is 11.5. The molecular weight excluding hydrogens is 154 g/mol. The van der Waals surface area contributed by atoms with E-state index < -0.39 is 0 Å². The van der Waals surface area contributed by atoms with E-state index in [4.69, 9.17) is 0 Å². The van der Waals surface area contributed by atoms with Crippen LogP contribution in [-0.4, -0.2) is 30.7 Å². The fourth-order valence-electron chi connectivity index (χ4n) is 1.15. The topological polar surface area (TPSA) is 37.4 Å². The number of likely N-dealkylation sites (N-methyl/N-ethyl adjacent to an activating group) is 1. The van der Waals surface area contributed by atoms with Crippen molar-refractivity contribution in [1.29, 1.82) is 0 Å². The van der Waals surface area contributed by atoms with Gasteiger partial charge in [-0.15, -0.1) is 0 Å². The third-order valence-corrected chi connectivity index (χ3v) is 2.06. The quantitative estimate of drug-likeness (QED) is 0.580. The van der Waals surface area contributed by atoms with E-state index >= 15 is 0 Å². The highest BCUT2D eigenvalue weighted by molar-refractivity contribution is 5.80. The van der Waals surface area contributed by atoms with E-state index in [0.29, 0.717) is 0 Å². The minimum Gasteiger partial charge on any atom is -0.338 e. The number of nitrogens with zero attached hydrogens (tertiary/aromatic N) is 1. The van der Waals surface area contributed by atoms with Crippen molar-refractivity contribution in [2.24, 2.45) is 5.92 Å². The molecule has 0 aromatic heterocycles. The van der Waals surface area contributed by atoms with Gasteiger partial charge in [0.05, 0.1) is 6.54 Å². The highest BCUT2D eigenvalue weighted by atomic mass is 16.2. The van der Waals surface area contributed by atoms with E-state index in [9.17, 15) is 9.59 Å². The maximum absolute atomic E-state index is 11.5. The lowest BCUT2D eigenvalue weighted by molar-refractivity contribution is -0.135. The average Bonchev–Trinajstić information content (AvgIpc) is 2.07. The second-order valence-corrected chi connectivity index (χ2v) is 2.90. The molecule has 0 aromatic carbocycles. The second-order valence-electron chi connectivity index (χ2n) is 2.90. The Balaban J connectivity index is 4.05. The zero-order chi connectivity index (χ0) is 9.56. The summed E-state index contributed by atoms with van der Waals surface area (Å²) >= 11 is 0. The smallest absolute Gasteiger partial charge is 0.225 e. The van der Waals surface area contributed by atoms with Gasteiger partial charge in [0.1, 0.15) is 6.29 Å². The van der Waals surface area contributed by atoms with Gasteiger partial charge in [0, 0.05) is 13.0 Å². The van der Waals surface area contributed by atoms with Crippen LogP contribution >= 0.6 is 0 Å². The molecule has 70 valence electrons. The van der Waals surface area contributed by atoms with E-state index in [-0.39, 0.29) is 18.4 Å². The molecule has 0 radical (unpaired) electrons. The molecule has 0 aliphatic carbocycles. The summed E-state index contributed by atoms with van der Waals surface area (Å²) in [5.41, 5.74) is 0. The highest BCUT2D eigenvalue weighted by Crippen LogP contribution is 2.10. The van der Waals surface area contributed by atoms with Gasteiger partial charge in [-0.3, -0.25) is 4.79 Å². The third-order valence-electron chi connectivity index (χ3n) is 2.06. The van der Waals surface area contributed by atoms with Crippen molar-refractivity contribution >= 4 is 12.2 Å². The summed E-state index contributed by atoms with van der Waals surface area (Å²) < 4.78 is 0. The van der Waals surface area contributed by atoms with Gasteiger partial charge in [-0.2, -0.15) is 0 Å². The first kappa shape index (κ1) is 11.1. The van der Waals surface area contributed by atoms with E-state index in [1.807, 2.05) is 13.8 Å². The molecule has 12 heavy (non-hydrogen) atoms. The second kappa shape index (κ2) is 5.75. The predicted molar refractivity (Wildman–Crippen MR) is 47.8 cm³/mol. The lowest BCUT2D eigenvalue weighted by Crippen LogP contribution is -2.33. The number of carbonyl (C=O) groups is 2. The van der Waals surface area contributed by atoms with Gasteiger partial charge < -0.3 is 9.69 Å². The SMILES string of the molecule is CCC(CC)C(=O)N(C)CC=O. The van der Waals surface area contributed by atoms with Crippen LogP contribution in [0.5, 0.6) is 0 Å². The van der Waals surface area contributed by atoms with E-state index in [1.165, 1.54) is 4.90 Å². The number of hydrogen-bond donors (Lipinski definition) is 0. The van der Waals surface area contributed by atoms with E-state index in [0.717, 1.165) is 19.1 Å². The zero-order valence-corrected chi connectivity index (χ0v) is 8.04. The Morgan fingerprint density at radius 1 is 1.42 bits per heavy atom. The molecule has 0 aromatic rings. The molecular formula is C9H17NO2. The third kappa shape index (κ3) is 3.03. The van der Waals surface area contributed by atoms with Gasteiger partial charge in [-0.1, -0.05) is 13.8 Å². The molecule has 0 unspecified atom stereocenters. The zero-order valence-electron chi connectivity index (χ0n) is 8.04. The predicted octanol–water partition coefficient (Wildman–Crippen LogP) is 1.08. The Bertz CT molecular complexity index is 153. The molecule has 3 heteroatoms. The molecule has 1 amide bonds. The van der Waals surface area contributed by atoms with Crippen molar-refractivity contribution in [1.82, 2.24) is 4.90 Å². The summed E-state index contributed by atoms with van der Waals surface area (Å²) in [6.45, 7) is 4.18. The summed E-state index contributed by atoms with van der Waals surface area (Å²) in [4.78, 5) is 23.1. The van der Waals surface area contributed by atoms with Crippen LogP contribution in [0.3, 0.4) is 0 Å². The first-order valence-electron chi connectivity index (χ1n) is 4.35. The fourth-order valence-corrected chi connectivity index (χ4v) is 1.15. The first-order chi connectivity index (χ1) is 5.67. The Morgan fingerprint density at radius 3 is 2.25 bits per heavy atom. The van der Waals surface area contributed by atoms with Gasteiger partial charge in [0.25, 0.3) is 0 Å². The van der Waals surface area contributed by atoms with Crippen LogP contribution < -0.4 is 0 Å². The molecule has 3 nitrogen and oxygen atoms in total. The number of hydrogen-bond acceptors (Lipinski definition) is 2. The molecule has 0 atom stereocenters. The Kier molecular flexibility index (Phi) is 5.34. The molecule has 0 spiro atoms. The van der Waals surface area contributed by atoms with Crippen molar-refractivity contribution in [3.8, 4) is 0 Å². The lowest BCUT2D eigenvalue weighted by Gasteiger charge is -2.19. The molecule has 0 heterocycles. The number of rotatable bonds is 5. The Labute approximate surface area is 73.7 Å². The molecule has 0 N–H and O–H groups in total. The summed E-state index contributed by atoms with van der Waals surface area (Å²) in [6.07, 6.45) is 2.44. The van der Waals surface area contributed by atoms with Crippen LogP contribution in [-0.2, 0) is 9.59 Å². The molecule has 0 saturated heterocycles. The summed E-state index contributed by atoms with van der Waals surface area (Å²) in [7, 11) is 1.66. The van der Waals surface area contributed by atoms with E-state index in [2.05, 4.69) is 0 Å². The lowest BCUT2D eigenvalue weighted by atomic mass is 10.0. The van der Waals surface area contributed by atoms with Gasteiger partial charge in [-0.25, -0.2) is 0 Å². The molecule has 0 aliphatic rings. The number of aldehydes is 1. The van der Waals surface area contributed by atoms with Crippen LogP contribution in [0.4, 0.5) is 0 Å². The fraction of sp³-hybridized carbons (Fsp3) is 0.778. The molecule has 0 rings (SSSR count). The minimum absolute atomic E-state index is 0.0760. The number of amides is 1. The van der Waals surface area contributed by atoms with Gasteiger partial charge in [0.2, 0.25) is 5.91 Å². The minimum atomic E-state index is 0.0760. The molecule has 0 saturated carbocycles. The van der Waals surface area contributed by atoms with Crippen LogP contribution in [0, 0.1) is 5.92 Å². The maximum Gasteiger partial charge on any atom is 0.225 e. The van der Waals surface area contributed by atoms with Gasteiger partial charge in [-0.05, 0) is 12.8 Å². The van der Waals surface area contributed by atoms with Crippen LogP contribution in [0.25, 0.3) is 0 Å². The van der Waals surface area contributed by atoms with Gasteiger partial charge in [0.15, 0.2) is 0 Å². The average molecular weight is 171 g/mol. The van der Waals surface area contributed by atoms with Crippen molar-refractivity contribution < 1.29 is 9.59 Å². The standard InChI is InChI=1S/C9H17NO2/c1-4-8(5-2)9(12)10(3)6-7-11/h7-8H,4-6H2,1-3H3. The summed E-state index contributed by atoms with van der Waals surface area (Å²) in [5.74, 6) is 0.155. The number of carbonyl (C=O) groups excluding carboxylic acids is 2. The first-order valence-corrected chi connectivity index (χ1v) is 4.35. The molecule has 0 bridgehead atoms. The van der Waals surface area contributed by atoms with Crippen molar-refractivity contribution in [3.05, 3.63) is 0 Å². The van der Waals surface area contributed by atoms with Crippen LogP contribution in [0.2, 0.25) is 0 Å². The van der Waals surface area contributed by atoms with Crippen molar-refractivity contribution in [2.45, 2.75) is 26.7 Å². The highest BCUT2D eigenvalue weighted by Gasteiger charge is 2.17. The molecule has 0 fully saturated rings. The Morgan fingerprint density at radius 2 is 1.92 bits per heavy atom. The van der Waals surface area contributed by atoms with Crippen molar-refractivity contribution in [3.63, 3.8) is 0 Å². The molecule has 0 aliphatic heterocycles. The largest absolute Gasteiger partial charge is 0.338 e. The Hall–Kier alpha value is -0.860. The van der Waals surface area contributed by atoms with E-state index in [1.54, 1.807) is 7.05 Å². The van der Waals surface area contributed by atoms with Gasteiger partial charge >= 0.3 is 0 Å². The van der Waals surface area contributed by atoms with Crippen LogP contribution in [0.1, 0.15) is 26.7 Å². The summed E-state index contributed by atoms with van der Waals surface area (Å²) in [6, 6.07) is 0. The van der Waals surface area contributed by atoms with Crippen molar-refractivity contribution in [2.75, 3.05) is 13.6 Å². The van der Waals surface area contributed by atoms with Crippen LogP contribution in [0.15, 0.2) is 0 Å². The monoisotopic (exact) mass is 171 g/mol. The summed E-state index contributed by atoms with van der Waals surface area (Å²) in [5, 5.41) is 0.